The first kappa shape index (κ1) is 19.5. The molecule has 7 nitrogen and oxygen atoms in total. The second kappa shape index (κ2) is 7.42. The third-order valence-electron chi connectivity index (χ3n) is 5.97. The van der Waals surface area contributed by atoms with Crippen LogP contribution in [0.2, 0.25) is 0 Å². The fraction of sp³-hybridized carbons (Fsp3) is 0.778. The molecule has 0 saturated carbocycles. The molecule has 1 atom stereocenters. The number of anilines is 1. The molecule has 2 aliphatic rings. The zero-order valence-corrected chi connectivity index (χ0v) is 16.7. The zero-order chi connectivity index (χ0) is 18.9. The monoisotopic (exact) mass is 361 g/mol. The molecule has 1 aromatic rings. The molecule has 2 N–H and O–H groups in total. The van der Waals surface area contributed by atoms with Crippen molar-refractivity contribution in [3.05, 3.63) is 12.4 Å². The number of hydrogen-bond acceptors (Lipinski definition) is 7. The Kier molecular flexibility index (Phi) is 5.58. The molecule has 26 heavy (non-hydrogen) atoms. The fourth-order valence-electron chi connectivity index (χ4n) is 3.51. The van der Waals surface area contributed by atoms with Crippen molar-refractivity contribution in [3.8, 4) is 0 Å². The van der Waals surface area contributed by atoms with Crippen LogP contribution in [-0.4, -0.2) is 72.5 Å². The van der Waals surface area contributed by atoms with E-state index in [1.807, 2.05) is 40.1 Å². The molecule has 0 unspecified atom stereocenters. The highest BCUT2D eigenvalue weighted by Gasteiger charge is 2.52. The third kappa shape index (κ3) is 3.88. The van der Waals surface area contributed by atoms with Crippen LogP contribution in [0.3, 0.4) is 0 Å². The first-order valence-electron chi connectivity index (χ1n) is 9.56. The van der Waals surface area contributed by atoms with Gasteiger partial charge >= 0.3 is 7.12 Å². The van der Waals surface area contributed by atoms with Gasteiger partial charge in [-0.15, -0.1) is 0 Å². The second-order valence-corrected chi connectivity index (χ2v) is 8.40. The van der Waals surface area contributed by atoms with E-state index in [-0.39, 0.29) is 11.2 Å². The summed E-state index contributed by atoms with van der Waals surface area (Å²) in [5, 5.41) is 0. The number of piperidine rings is 1. The minimum Gasteiger partial charge on any atom is -0.399 e. The topological polar surface area (TPSA) is 76.7 Å². The van der Waals surface area contributed by atoms with E-state index >= 15 is 0 Å². The van der Waals surface area contributed by atoms with E-state index in [1.165, 1.54) is 6.42 Å². The van der Waals surface area contributed by atoms with Gasteiger partial charge in [0.1, 0.15) is 0 Å². The van der Waals surface area contributed by atoms with Crippen LogP contribution in [-0.2, 0) is 9.31 Å². The van der Waals surface area contributed by atoms with Gasteiger partial charge in [-0.2, -0.15) is 0 Å². The summed E-state index contributed by atoms with van der Waals surface area (Å²) in [5.74, 6) is 0.741. The molecule has 2 fully saturated rings. The van der Waals surface area contributed by atoms with E-state index in [0.717, 1.165) is 37.5 Å². The molecular formula is C18H32BN5O2. The summed E-state index contributed by atoms with van der Waals surface area (Å²) in [5.41, 5.74) is 5.84. The SMILES string of the molecule is CN(c1ncc(B2OC(C)(C)C(C)(C)O2)cn1)[C@H]1CCCN(CCN)C1. The average molecular weight is 361 g/mol. The van der Waals surface area contributed by atoms with E-state index in [1.54, 1.807) is 0 Å². The van der Waals surface area contributed by atoms with E-state index in [4.69, 9.17) is 15.0 Å². The van der Waals surface area contributed by atoms with E-state index < -0.39 is 7.12 Å². The van der Waals surface area contributed by atoms with Gasteiger partial charge < -0.3 is 24.8 Å². The van der Waals surface area contributed by atoms with E-state index in [0.29, 0.717) is 12.6 Å². The maximum absolute atomic E-state index is 6.07. The predicted molar refractivity (Wildman–Crippen MR) is 105 cm³/mol. The van der Waals surface area contributed by atoms with Crippen molar-refractivity contribution < 1.29 is 9.31 Å². The Bertz CT molecular complexity index is 592. The number of nitrogens with zero attached hydrogens (tertiary/aromatic N) is 4. The van der Waals surface area contributed by atoms with Crippen molar-refractivity contribution in [2.24, 2.45) is 5.73 Å². The Morgan fingerprint density at radius 2 is 1.85 bits per heavy atom. The van der Waals surface area contributed by atoms with Gasteiger partial charge in [-0.25, -0.2) is 9.97 Å². The van der Waals surface area contributed by atoms with Crippen molar-refractivity contribution in [3.63, 3.8) is 0 Å². The Morgan fingerprint density at radius 1 is 1.23 bits per heavy atom. The number of nitrogens with two attached hydrogens (primary N) is 1. The van der Waals surface area contributed by atoms with Crippen LogP contribution < -0.4 is 16.1 Å². The van der Waals surface area contributed by atoms with Gasteiger partial charge in [0.15, 0.2) is 0 Å². The van der Waals surface area contributed by atoms with Crippen LogP contribution >= 0.6 is 0 Å². The number of rotatable bonds is 5. The van der Waals surface area contributed by atoms with Crippen molar-refractivity contribution in [1.82, 2.24) is 14.9 Å². The average Bonchev–Trinajstić information content (AvgIpc) is 2.83. The van der Waals surface area contributed by atoms with Crippen LogP contribution in [0.4, 0.5) is 5.95 Å². The van der Waals surface area contributed by atoms with Crippen LogP contribution in [0.5, 0.6) is 0 Å². The molecule has 144 valence electrons. The lowest BCUT2D eigenvalue weighted by molar-refractivity contribution is 0.00578. The standard InChI is InChI=1S/C18H32BN5O2/c1-17(2)18(3,4)26-19(25-17)14-11-21-16(22-12-14)23(5)15-7-6-9-24(13-15)10-8-20/h11-12,15H,6-10,13,20H2,1-5H3/t15-/m0/s1. The minimum absolute atomic E-state index is 0.359. The molecule has 0 radical (unpaired) electrons. The summed E-state index contributed by atoms with van der Waals surface area (Å²) in [6.07, 6.45) is 5.98. The lowest BCUT2D eigenvalue weighted by Crippen LogP contribution is -2.48. The Hall–Kier alpha value is -1.22. The Morgan fingerprint density at radius 3 is 2.42 bits per heavy atom. The van der Waals surface area contributed by atoms with Crippen LogP contribution in [0.1, 0.15) is 40.5 Å². The highest BCUT2D eigenvalue weighted by Crippen LogP contribution is 2.36. The predicted octanol–water partition coefficient (Wildman–Crippen LogP) is 0.635. The van der Waals surface area contributed by atoms with Crippen LogP contribution in [0, 0.1) is 0 Å². The van der Waals surface area contributed by atoms with Crippen molar-refractivity contribution in [2.75, 3.05) is 38.1 Å². The minimum atomic E-state index is -0.422. The maximum Gasteiger partial charge on any atom is 0.498 e. The van der Waals surface area contributed by atoms with Crippen LogP contribution in [0.15, 0.2) is 12.4 Å². The number of likely N-dealkylation sites (N-methyl/N-ethyl adjacent to an activating group) is 1. The summed E-state index contributed by atoms with van der Waals surface area (Å²) in [6.45, 7) is 12.0. The molecular weight excluding hydrogens is 329 g/mol. The summed E-state index contributed by atoms with van der Waals surface area (Å²) < 4.78 is 12.1. The molecule has 2 aliphatic heterocycles. The van der Waals surface area contributed by atoms with Crippen LogP contribution in [0.25, 0.3) is 0 Å². The van der Waals surface area contributed by atoms with Crippen molar-refractivity contribution in [2.45, 2.75) is 57.8 Å². The molecule has 0 amide bonds. The molecule has 2 saturated heterocycles. The first-order valence-corrected chi connectivity index (χ1v) is 9.56. The van der Waals surface area contributed by atoms with Crippen molar-refractivity contribution >= 4 is 18.5 Å². The summed E-state index contributed by atoms with van der Waals surface area (Å²) in [4.78, 5) is 13.8. The quantitative estimate of drug-likeness (QED) is 0.771. The zero-order valence-electron chi connectivity index (χ0n) is 16.7. The first-order chi connectivity index (χ1) is 12.2. The molecule has 0 spiro atoms. The smallest absolute Gasteiger partial charge is 0.399 e. The molecule has 3 rings (SSSR count). The second-order valence-electron chi connectivity index (χ2n) is 8.40. The molecule has 8 heteroatoms. The van der Waals surface area contributed by atoms with Gasteiger partial charge in [0.2, 0.25) is 5.95 Å². The fourth-order valence-corrected chi connectivity index (χ4v) is 3.51. The Labute approximate surface area is 157 Å². The van der Waals surface area contributed by atoms with Crippen molar-refractivity contribution in [1.29, 1.82) is 0 Å². The molecule has 0 bridgehead atoms. The number of aromatic nitrogens is 2. The molecule has 0 aliphatic carbocycles. The summed E-state index contributed by atoms with van der Waals surface area (Å²) in [7, 11) is 1.65. The third-order valence-corrected chi connectivity index (χ3v) is 5.97. The van der Waals surface area contributed by atoms with E-state index in [2.05, 4.69) is 26.8 Å². The Balaban J connectivity index is 1.66. The number of likely N-dealkylation sites (tertiary alicyclic amines) is 1. The molecule has 0 aromatic carbocycles. The summed E-state index contributed by atoms with van der Waals surface area (Å²) in [6, 6.07) is 0.415. The molecule has 3 heterocycles. The lowest BCUT2D eigenvalue weighted by atomic mass is 9.81. The maximum atomic E-state index is 6.07. The van der Waals surface area contributed by atoms with Gasteiger partial charge in [-0.05, 0) is 47.1 Å². The van der Waals surface area contributed by atoms with Gasteiger partial charge in [0, 0.05) is 50.6 Å². The largest absolute Gasteiger partial charge is 0.498 e. The van der Waals surface area contributed by atoms with Gasteiger partial charge in [0.25, 0.3) is 0 Å². The van der Waals surface area contributed by atoms with Gasteiger partial charge in [0.05, 0.1) is 11.2 Å². The number of hydrogen-bond donors (Lipinski definition) is 1. The summed E-state index contributed by atoms with van der Waals surface area (Å²) >= 11 is 0. The highest BCUT2D eigenvalue weighted by molar-refractivity contribution is 6.61. The highest BCUT2D eigenvalue weighted by atomic mass is 16.7. The lowest BCUT2D eigenvalue weighted by Gasteiger charge is -2.37. The normalized spacial score (nSPS) is 25.5. The van der Waals surface area contributed by atoms with E-state index in [9.17, 15) is 0 Å². The molecule has 1 aromatic heterocycles. The van der Waals surface area contributed by atoms with Gasteiger partial charge in [-0.3, -0.25) is 0 Å². The van der Waals surface area contributed by atoms with Gasteiger partial charge in [-0.1, -0.05) is 0 Å².